The molecule has 1 heterocycles. The van der Waals surface area contributed by atoms with E-state index in [0.717, 1.165) is 16.5 Å². The van der Waals surface area contributed by atoms with Crippen LogP contribution in [0.15, 0.2) is 59.6 Å². The van der Waals surface area contributed by atoms with Crippen LogP contribution in [0.25, 0.3) is 10.9 Å². The summed E-state index contributed by atoms with van der Waals surface area (Å²) in [5.41, 5.74) is 8.11. The predicted octanol–water partition coefficient (Wildman–Crippen LogP) is 4.04. The van der Waals surface area contributed by atoms with Crippen molar-refractivity contribution in [3.05, 3.63) is 60.3 Å². The third-order valence-corrected chi connectivity index (χ3v) is 8.76. The summed E-state index contributed by atoms with van der Waals surface area (Å²) >= 11 is 0. The average Bonchev–Trinajstić information content (AvgIpc) is 3.33. The van der Waals surface area contributed by atoms with Crippen molar-refractivity contribution in [2.45, 2.75) is 63.4 Å². The van der Waals surface area contributed by atoms with Crippen molar-refractivity contribution in [1.82, 2.24) is 19.9 Å². The number of nitrogen functional groups attached to an aromatic ring is 1. The Labute approximate surface area is 236 Å². The van der Waals surface area contributed by atoms with Gasteiger partial charge in [-0.1, -0.05) is 38.5 Å². The normalized spacial score (nSPS) is 13.3. The van der Waals surface area contributed by atoms with Gasteiger partial charge in [0.2, 0.25) is 15.9 Å². The van der Waals surface area contributed by atoms with Crippen LogP contribution >= 0.6 is 0 Å². The Morgan fingerprint density at radius 2 is 1.75 bits per heavy atom. The molecular formula is C29H41N5O5S. The molecule has 5 N–H and O–H groups in total. The first-order valence-corrected chi connectivity index (χ1v) is 15.0. The van der Waals surface area contributed by atoms with E-state index in [1.54, 1.807) is 16.4 Å². The summed E-state index contributed by atoms with van der Waals surface area (Å²) in [6.07, 6.45) is 3.47. The van der Waals surface area contributed by atoms with Crippen LogP contribution in [-0.4, -0.2) is 62.0 Å². The standard InChI is InChI=1S/C29H41N5O5S/c1-20(2)19-34(40(37,38)24-14-12-23(30)13-15-24)21(3)9-7-8-16-31-28(35)27(33-29(36)39-4)17-22-18-32-26-11-6-5-10-25(22)26/h5-6,10-15,18,20-21,27,32H,7-9,16-17,19,30H2,1-4H3,(H,31,35)(H,33,36)/t21-,27+/m1/s1. The number of fused-ring (bicyclic) bond motifs is 1. The molecule has 3 rings (SSSR count). The molecular weight excluding hydrogens is 530 g/mol. The molecule has 2 amide bonds. The van der Waals surface area contributed by atoms with Crippen molar-refractivity contribution >= 4 is 38.6 Å². The molecule has 0 aliphatic carbocycles. The molecule has 40 heavy (non-hydrogen) atoms. The van der Waals surface area contributed by atoms with Crippen molar-refractivity contribution in [2.75, 3.05) is 25.9 Å². The molecule has 0 saturated heterocycles. The monoisotopic (exact) mass is 571 g/mol. The smallest absolute Gasteiger partial charge is 0.407 e. The fraction of sp³-hybridized carbons (Fsp3) is 0.448. The highest BCUT2D eigenvalue weighted by atomic mass is 32.2. The number of amides is 2. The molecule has 2 aromatic carbocycles. The van der Waals surface area contributed by atoms with Crippen molar-refractivity contribution in [2.24, 2.45) is 5.92 Å². The number of carbonyl (C=O) groups excluding carboxylic acids is 2. The van der Waals surface area contributed by atoms with E-state index in [4.69, 9.17) is 10.5 Å². The van der Waals surface area contributed by atoms with Crippen LogP contribution in [-0.2, 0) is 26.0 Å². The number of H-pyrrole nitrogens is 1. The zero-order chi connectivity index (χ0) is 29.3. The minimum absolute atomic E-state index is 0.154. The first-order valence-electron chi connectivity index (χ1n) is 13.6. The molecule has 0 aliphatic heterocycles. The van der Waals surface area contributed by atoms with E-state index >= 15 is 0 Å². The van der Waals surface area contributed by atoms with Gasteiger partial charge < -0.3 is 26.1 Å². The van der Waals surface area contributed by atoms with E-state index in [1.807, 2.05) is 51.2 Å². The molecule has 0 bridgehead atoms. The number of anilines is 1. The Kier molecular flexibility index (Phi) is 11.0. The van der Waals surface area contributed by atoms with Gasteiger partial charge in [-0.05, 0) is 61.6 Å². The Morgan fingerprint density at radius 3 is 2.42 bits per heavy atom. The number of ether oxygens (including phenoxy) is 1. The summed E-state index contributed by atoms with van der Waals surface area (Å²) in [5, 5.41) is 6.52. The second kappa shape index (κ2) is 14.2. The Bertz CT molecular complexity index is 1370. The number of alkyl carbamates (subject to hydrolysis) is 1. The van der Waals surface area contributed by atoms with Crippen LogP contribution in [0.5, 0.6) is 0 Å². The Morgan fingerprint density at radius 1 is 1.05 bits per heavy atom. The maximum absolute atomic E-state index is 13.4. The van der Waals surface area contributed by atoms with Gasteiger partial charge in [-0.25, -0.2) is 13.2 Å². The van der Waals surface area contributed by atoms with Gasteiger partial charge in [0, 0.05) is 48.3 Å². The maximum atomic E-state index is 13.4. The van der Waals surface area contributed by atoms with Gasteiger partial charge >= 0.3 is 6.09 Å². The van der Waals surface area contributed by atoms with Crippen LogP contribution in [0.2, 0.25) is 0 Å². The molecule has 1 aromatic heterocycles. The quantitative estimate of drug-likeness (QED) is 0.170. The van der Waals surface area contributed by atoms with E-state index in [-0.39, 0.29) is 22.8 Å². The number of rotatable bonds is 14. The maximum Gasteiger partial charge on any atom is 0.407 e. The van der Waals surface area contributed by atoms with E-state index in [1.165, 1.54) is 19.2 Å². The minimum Gasteiger partial charge on any atom is -0.453 e. The summed E-state index contributed by atoms with van der Waals surface area (Å²) in [6, 6.07) is 13.0. The number of hydrogen-bond donors (Lipinski definition) is 4. The van der Waals surface area contributed by atoms with Crippen LogP contribution in [0.3, 0.4) is 0 Å². The number of aromatic amines is 1. The molecule has 11 heteroatoms. The number of nitrogens with two attached hydrogens (primary N) is 1. The number of carbonyl (C=O) groups is 2. The molecule has 0 unspecified atom stereocenters. The highest BCUT2D eigenvalue weighted by Crippen LogP contribution is 2.23. The highest BCUT2D eigenvalue weighted by molar-refractivity contribution is 7.89. The summed E-state index contributed by atoms with van der Waals surface area (Å²) in [4.78, 5) is 28.3. The topological polar surface area (TPSA) is 147 Å². The zero-order valence-electron chi connectivity index (χ0n) is 23.6. The van der Waals surface area contributed by atoms with Gasteiger partial charge in [0.15, 0.2) is 0 Å². The third-order valence-electron chi connectivity index (χ3n) is 6.76. The number of nitrogens with zero attached hydrogens (tertiary/aromatic N) is 1. The number of unbranched alkanes of at least 4 members (excludes halogenated alkanes) is 1. The van der Waals surface area contributed by atoms with Crippen molar-refractivity contribution in [3.8, 4) is 0 Å². The van der Waals surface area contributed by atoms with E-state index < -0.39 is 22.2 Å². The number of nitrogens with one attached hydrogen (secondary N) is 3. The number of hydrogen-bond acceptors (Lipinski definition) is 6. The fourth-order valence-electron chi connectivity index (χ4n) is 4.62. The van der Waals surface area contributed by atoms with E-state index in [2.05, 4.69) is 15.6 Å². The molecule has 0 aliphatic rings. The lowest BCUT2D eigenvalue weighted by Crippen LogP contribution is -2.48. The number of para-hydroxylation sites is 1. The van der Waals surface area contributed by atoms with Crippen molar-refractivity contribution < 1.29 is 22.7 Å². The number of aromatic nitrogens is 1. The fourth-order valence-corrected chi connectivity index (χ4v) is 6.45. The summed E-state index contributed by atoms with van der Waals surface area (Å²) in [7, 11) is -2.42. The van der Waals surface area contributed by atoms with Crippen LogP contribution in [0.1, 0.15) is 45.6 Å². The second-order valence-electron chi connectivity index (χ2n) is 10.4. The lowest BCUT2D eigenvalue weighted by molar-refractivity contribution is -0.123. The van der Waals surface area contributed by atoms with Crippen molar-refractivity contribution in [3.63, 3.8) is 0 Å². The van der Waals surface area contributed by atoms with Crippen LogP contribution < -0.4 is 16.4 Å². The summed E-state index contributed by atoms with van der Waals surface area (Å²) in [6.45, 7) is 6.69. The predicted molar refractivity (Wildman–Crippen MR) is 157 cm³/mol. The first kappa shape index (κ1) is 31.0. The number of methoxy groups -OCH3 is 1. The second-order valence-corrected chi connectivity index (χ2v) is 12.3. The molecule has 2 atom stereocenters. The van der Waals surface area contributed by atoms with Gasteiger partial charge in [0.25, 0.3) is 0 Å². The van der Waals surface area contributed by atoms with Gasteiger partial charge in [-0.2, -0.15) is 4.31 Å². The van der Waals surface area contributed by atoms with Gasteiger partial charge in [-0.15, -0.1) is 0 Å². The Hall–Kier alpha value is -3.57. The lowest BCUT2D eigenvalue weighted by Gasteiger charge is -2.30. The molecule has 3 aromatic rings. The highest BCUT2D eigenvalue weighted by Gasteiger charge is 2.29. The van der Waals surface area contributed by atoms with Crippen LogP contribution in [0.4, 0.5) is 10.5 Å². The molecule has 0 fully saturated rings. The number of benzene rings is 2. The molecule has 0 radical (unpaired) electrons. The van der Waals surface area contributed by atoms with E-state index in [9.17, 15) is 18.0 Å². The zero-order valence-corrected chi connectivity index (χ0v) is 24.5. The number of sulfonamides is 1. The van der Waals surface area contributed by atoms with Gasteiger partial charge in [0.05, 0.1) is 12.0 Å². The van der Waals surface area contributed by atoms with Gasteiger partial charge in [0.1, 0.15) is 6.04 Å². The SMILES string of the molecule is COC(=O)N[C@@H](Cc1c[nH]c2ccccc12)C(=O)NCCCC[C@@H](C)N(CC(C)C)S(=O)(=O)c1ccc(N)cc1. The first-order chi connectivity index (χ1) is 19.0. The lowest BCUT2D eigenvalue weighted by atomic mass is 10.0. The van der Waals surface area contributed by atoms with Gasteiger partial charge in [-0.3, -0.25) is 4.79 Å². The largest absolute Gasteiger partial charge is 0.453 e. The minimum atomic E-state index is -3.68. The van der Waals surface area contributed by atoms with Crippen molar-refractivity contribution in [1.29, 1.82) is 0 Å². The molecule has 218 valence electrons. The summed E-state index contributed by atoms with van der Waals surface area (Å²) < 4.78 is 33.0. The Balaban J connectivity index is 1.56. The molecule has 0 spiro atoms. The summed E-state index contributed by atoms with van der Waals surface area (Å²) in [5.74, 6) is -0.155. The third kappa shape index (κ3) is 8.22. The van der Waals surface area contributed by atoms with E-state index in [0.29, 0.717) is 44.5 Å². The average molecular weight is 572 g/mol. The molecule has 10 nitrogen and oxygen atoms in total. The molecule has 0 saturated carbocycles. The van der Waals surface area contributed by atoms with Crippen LogP contribution in [0, 0.1) is 5.92 Å².